The van der Waals surface area contributed by atoms with Gasteiger partial charge in [0.15, 0.2) is 0 Å². The van der Waals surface area contributed by atoms with Crippen LogP contribution in [0, 0.1) is 0 Å². The fourth-order valence-corrected chi connectivity index (χ4v) is 5.27. The van der Waals surface area contributed by atoms with Crippen molar-refractivity contribution in [3.05, 3.63) is 59.9 Å². The number of morpholine rings is 1. The van der Waals surface area contributed by atoms with Crippen molar-refractivity contribution in [1.29, 1.82) is 0 Å². The molecule has 1 fully saturated rings. The van der Waals surface area contributed by atoms with E-state index >= 15 is 0 Å². The standard InChI is InChI=1S/C25H31N3O7S/c1-17(2)24-21(20-5-3-4-6-23(20)35-24)16-34-18-7-9-19(10-8-18)36(31,32)26-15-22(25(29)27-30)28-11-13-33-14-12-28/h3-10,17,22,26,30H,11-16H2,1-2H3,(H,27,29). The normalized spacial score (nSPS) is 15.8. The molecule has 1 amide bonds. The van der Waals surface area contributed by atoms with Gasteiger partial charge in [-0.25, -0.2) is 18.6 Å². The Morgan fingerprint density at radius 1 is 1.11 bits per heavy atom. The Kier molecular flexibility index (Phi) is 8.27. The molecule has 2 aromatic carbocycles. The van der Waals surface area contributed by atoms with Crippen molar-refractivity contribution in [2.45, 2.75) is 37.3 Å². The quantitative estimate of drug-likeness (QED) is 0.276. The first kappa shape index (κ1) is 26.1. The van der Waals surface area contributed by atoms with Crippen molar-refractivity contribution in [3.8, 4) is 5.75 Å². The van der Waals surface area contributed by atoms with E-state index in [0.717, 1.165) is 22.3 Å². The predicted molar refractivity (Wildman–Crippen MR) is 132 cm³/mol. The van der Waals surface area contributed by atoms with Gasteiger partial charge in [0.2, 0.25) is 10.0 Å². The third-order valence-corrected chi connectivity index (χ3v) is 7.58. The van der Waals surface area contributed by atoms with Gasteiger partial charge in [-0.2, -0.15) is 0 Å². The first-order chi connectivity index (χ1) is 17.3. The Bertz CT molecular complexity index is 1280. The number of rotatable bonds is 10. The number of nitrogens with zero attached hydrogens (tertiary/aromatic N) is 1. The summed E-state index contributed by atoms with van der Waals surface area (Å²) in [5, 5.41) is 10.1. The largest absolute Gasteiger partial charge is 0.489 e. The second-order valence-corrected chi connectivity index (χ2v) is 10.6. The van der Waals surface area contributed by atoms with Gasteiger partial charge in [-0.15, -0.1) is 0 Å². The van der Waals surface area contributed by atoms with Crippen LogP contribution >= 0.6 is 0 Å². The Morgan fingerprint density at radius 2 is 1.81 bits per heavy atom. The Labute approximate surface area is 210 Å². The zero-order chi connectivity index (χ0) is 25.7. The van der Waals surface area contributed by atoms with Gasteiger partial charge in [-0.05, 0) is 30.3 Å². The topological polar surface area (TPSA) is 130 Å². The molecule has 1 unspecified atom stereocenters. The SMILES string of the molecule is CC(C)c1oc2ccccc2c1COc1ccc(S(=O)(=O)NCC(C(=O)NO)N2CCOCC2)cc1. The van der Waals surface area contributed by atoms with Crippen molar-refractivity contribution in [1.82, 2.24) is 15.1 Å². The molecule has 11 heteroatoms. The van der Waals surface area contributed by atoms with E-state index in [2.05, 4.69) is 18.6 Å². The highest BCUT2D eigenvalue weighted by Gasteiger charge is 2.29. The Morgan fingerprint density at radius 3 is 2.47 bits per heavy atom. The summed E-state index contributed by atoms with van der Waals surface area (Å²) in [7, 11) is -3.90. The molecule has 0 aliphatic carbocycles. The van der Waals surface area contributed by atoms with Crippen LogP contribution in [-0.2, 0) is 26.2 Å². The number of benzene rings is 2. The molecule has 0 radical (unpaired) electrons. The first-order valence-corrected chi connectivity index (χ1v) is 13.3. The van der Waals surface area contributed by atoms with E-state index in [-0.39, 0.29) is 24.0 Å². The molecule has 1 saturated heterocycles. The molecule has 1 aromatic heterocycles. The van der Waals surface area contributed by atoms with Gasteiger partial charge in [0.05, 0.1) is 18.1 Å². The van der Waals surface area contributed by atoms with E-state index in [1.807, 2.05) is 24.3 Å². The zero-order valence-electron chi connectivity index (χ0n) is 20.3. The van der Waals surface area contributed by atoms with Crippen LogP contribution in [0.15, 0.2) is 57.8 Å². The summed E-state index contributed by atoms with van der Waals surface area (Å²) in [5.41, 5.74) is 3.38. The minimum Gasteiger partial charge on any atom is -0.489 e. The van der Waals surface area contributed by atoms with Crippen LogP contribution in [0.3, 0.4) is 0 Å². The van der Waals surface area contributed by atoms with Gasteiger partial charge in [0, 0.05) is 36.5 Å². The van der Waals surface area contributed by atoms with Crippen molar-refractivity contribution >= 4 is 26.9 Å². The molecule has 194 valence electrons. The molecule has 36 heavy (non-hydrogen) atoms. The van der Waals surface area contributed by atoms with Crippen LogP contribution in [0.2, 0.25) is 0 Å². The molecule has 3 aromatic rings. The summed E-state index contributed by atoms with van der Waals surface area (Å²) in [6, 6.07) is 13.0. The number of carbonyl (C=O) groups is 1. The number of ether oxygens (including phenoxy) is 2. The first-order valence-electron chi connectivity index (χ1n) is 11.8. The third kappa shape index (κ3) is 5.88. The van der Waals surface area contributed by atoms with Gasteiger partial charge in [-0.3, -0.25) is 14.9 Å². The van der Waals surface area contributed by atoms with Crippen LogP contribution < -0.4 is 14.9 Å². The Balaban J connectivity index is 1.42. The molecule has 0 bridgehead atoms. The maximum absolute atomic E-state index is 12.9. The van der Waals surface area contributed by atoms with Crippen LogP contribution in [0.5, 0.6) is 5.75 Å². The molecule has 3 N–H and O–H groups in total. The van der Waals surface area contributed by atoms with Crippen LogP contribution in [-0.4, -0.2) is 63.3 Å². The third-order valence-electron chi connectivity index (χ3n) is 6.14. The number of para-hydroxylation sites is 1. The lowest BCUT2D eigenvalue weighted by atomic mass is 10.0. The summed E-state index contributed by atoms with van der Waals surface area (Å²) in [6.07, 6.45) is 0. The summed E-state index contributed by atoms with van der Waals surface area (Å²) < 4.78 is 45.4. The highest BCUT2D eigenvalue weighted by atomic mass is 32.2. The molecular formula is C25H31N3O7S. The predicted octanol–water partition coefficient (Wildman–Crippen LogP) is 2.62. The number of hydrogen-bond donors (Lipinski definition) is 3. The number of sulfonamides is 1. The maximum atomic E-state index is 12.9. The molecule has 4 rings (SSSR count). The minimum absolute atomic E-state index is 0.0385. The minimum atomic E-state index is -3.90. The van der Waals surface area contributed by atoms with Gasteiger partial charge in [0.1, 0.15) is 29.7 Å². The zero-order valence-corrected chi connectivity index (χ0v) is 21.1. The number of fused-ring (bicyclic) bond motifs is 1. The van der Waals surface area contributed by atoms with Gasteiger partial charge >= 0.3 is 0 Å². The van der Waals surface area contributed by atoms with Crippen molar-refractivity contribution in [2.75, 3.05) is 32.8 Å². The molecular weight excluding hydrogens is 486 g/mol. The monoisotopic (exact) mass is 517 g/mol. The smallest absolute Gasteiger partial charge is 0.262 e. The molecule has 1 aliphatic rings. The maximum Gasteiger partial charge on any atom is 0.262 e. The number of amides is 1. The van der Waals surface area contributed by atoms with E-state index in [9.17, 15) is 13.2 Å². The number of nitrogens with one attached hydrogen (secondary N) is 2. The fraction of sp³-hybridized carbons (Fsp3) is 0.400. The lowest BCUT2D eigenvalue weighted by Crippen LogP contribution is -2.55. The average molecular weight is 518 g/mol. The van der Waals surface area contributed by atoms with E-state index in [4.69, 9.17) is 19.1 Å². The second-order valence-electron chi connectivity index (χ2n) is 8.85. The van der Waals surface area contributed by atoms with E-state index in [0.29, 0.717) is 32.1 Å². The van der Waals surface area contributed by atoms with Crippen LogP contribution in [0.25, 0.3) is 11.0 Å². The van der Waals surface area contributed by atoms with Crippen molar-refractivity contribution in [3.63, 3.8) is 0 Å². The van der Waals surface area contributed by atoms with Crippen molar-refractivity contribution < 1.29 is 32.3 Å². The van der Waals surface area contributed by atoms with Gasteiger partial charge < -0.3 is 13.9 Å². The molecule has 0 saturated carbocycles. The number of carbonyl (C=O) groups excluding carboxylic acids is 1. The number of hydrogen-bond acceptors (Lipinski definition) is 8. The molecule has 0 spiro atoms. The highest BCUT2D eigenvalue weighted by molar-refractivity contribution is 7.89. The summed E-state index contributed by atoms with van der Waals surface area (Å²) >= 11 is 0. The molecule has 2 heterocycles. The number of hydroxylamine groups is 1. The summed E-state index contributed by atoms with van der Waals surface area (Å²) in [4.78, 5) is 13.9. The summed E-state index contributed by atoms with van der Waals surface area (Å²) in [6.45, 7) is 5.97. The van der Waals surface area contributed by atoms with E-state index in [1.165, 1.54) is 12.1 Å². The van der Waals surface area contributed by atoms with Crippen molar-refractivity contribution in [2.24, 2.45) is 0 Å². The molecule has 10 nitrogen and oxygen atoms in total. The number of furan rings is 1. The van der Waals surface area contributed by atoms with Gasteiger partial charge in [-0.1, -0.05) is 32.0 Å². The lowest BCUT2D eigenvalue weighted by Gasteiger charge is -2.32. The lowest BCUT2D eigenvalue weighted by molar-refractivity contribution is -0.136. The second kappa shape index (κ2) is 11.4. The average Bonchev–Trinajstić information content (AvgIpc) is 3.27. The molecule has 1 aliphatic heterocycles. The van der Waals surface area contributed by atoms with E-state index in [1.54, 1.807) is 22.5 Å². The molecule has 1 atom stereocenters. The van der Waals surface area contributed by atoms with Crippen LogP contribution in [0.4, 0.5) is 0 Å². The Hall–Kier alpha value is -2.96. The highest BCUT2D eigenvalue weighted by Crippen LogP contribution is 2.32. The van der Waals surface area contributed by atoms with E-state index < -0.39 is 22.0 Å². The summed E-state index contributed by atoms with van der Waals surface area (Å²) in [5.74, 6) is 0.876. The van der Waals surface area contributed by atoms with Gasteiger partial charge in [0.25, 0.3) is 5.91 Å². The fourth-order valence-electron chi connectivity index (χ4n) is 4.23. The van der Waals surface area contributed by atoms with Crippen LogP contribution in [0.1, 0.15) is 31.1 Å².